The molecular weight excluding hydrogens is 278 g/mol. The number of urea groups is 1. The van der Waals surface area contributed by atoms with Crippen molar-refractivity contribution in [2.45, 2.75) is 39.7 Å². The number of aromatic nitrogens is 1. The number of carboxylic acids is 1. The predicted octanol–water partition coefficient (Wildman–Crippen LogP) is 2.48. The van der Waals surface area contributed by atoms with Gasteiger partial charge >= 0.3 is 12.0 Å². The minimum atomic E-state index is -0.775. The van der Waals surface area contributed by atoms with Crippen molar-refractivity contribution in [2.75, 3.05) is 11.9 Å². The molecule has 1 aromatic rings. The standard InChI is InChI=1S/C13H19N3O3S/c1-7-6-10(11(17)18)4-5-16(7)13(19)15-12-14-8(2)9(3)20-12/h7,10H,4-6H2,1-3H3,(H,17,18)(H,14,15,19). The Morgan fingerprint density at radius 3 is 2.65 bits per heavy atom. The molecule has 0 aromatic carbocycles. The van der Waals surface area contributed by atoms with Crippen LogP contribution in [0.4, 0.5) is 9.93 Å². The fraction of sp³-hybridized carbons (Fsp3) is 0.615. The number of nitrogens with zero attached hydrogens (tertiary/aromatic N) is 2. The van der Waals surface area contributed by atoms with Crippen molar-refractivity contribution in [1.29, 1.82) is 0 Å². The SMILES string of the molecule is Cc1nc(NC(=O)N2CCC(C(=O)O)CC2C)sc1C. The maximum absolute atomic E-state index is 12.2. The summed E-state index contributed by atoms with van der Waals surface area (Å²) in [6, 6.07) is -0.276. The van der Waals surface area contributed by atoms with E-state index in [4.69, 9.17) is 5.11 Å². The molecule has 110 valence electrons. The van der Waals surface area contributed by atoms with Crippen molar-refractivity contribution < 1.29 is 14.7 Å². The normalized spacial score (nSPS) is 22.6. The zero-order chi connectivity index (χ0) is 14.9. The molecule has 0 aliphatic carbocycles. The zero-order valence-electron chi connectivity index (χ0n) is 11.8. The Morgan fingerprint density at radius 1 is 1.45 bits per heavy atom. The fourth-order valence-corrected chi connectivity index (χ4v) is 3.19. The molecule has 2 N–H and O–H groups in total. The quantitative estimate of drug-likeness (QED) is 0.878. The van der Waals surface area contributed by atoms with Gasteiger partial charge in [0.15, 0.2) is 5.13 Å². The van der Waals surface area contributed by atoms with Crippen LogP contribution in [0.3, 0.4) is 0 Å². The van der Waals surface area contributed by atoms with Crippen LogP contribution in [-0.4, -0.2) is 39.6 Å². The molecule has 0 radical (unpaired) electrons. The molecule has 1 aromatic heterocycles. The van der Waals surface area contributed by atoms with Crippen molar-refractivity contribution in [3.8, 4) is 0 Å². The van der Waals surface area contributed by atoms with E-state index in [1.54, 1.807) is 4.90 Å². The average Bonchev–Trinajstić information content (AvgIpc) is 2.67. The van der Waals surface area contributed by atoms with Gasteiger partial charge in [-0.05, 0) is 33.6 Å². The van der Waals surface area contributed by atoms with Gasteiger partial charge in [0, 0.05) is 17.5 Å². The molecule has 2 heterocycles. The van der Waals surface area contributed by atoms with Gasteiger partial charge in [0.05, 0.1) is 11.6 Å². The number of piperidine rings is 1. The van der Waals surface area contributed by atoms with E-state index >= 15 is 0 Å². The molecule has 2 amide bonds. The molecule has 6 nitrogen and oxygen atoms in total. The third-order valence-electron chi connectivity index (χ3n) is 3.73. The van der Waals surface area contributed by atoms with Gasteiger partial charge in [-0.2, -0.15) is 0 Å². The summed E-state index contributed by atoms with van der Waals surface area (Å²) >= 11 is 1.45. The van der Waals surface area contributed by atoms with Crippen LogP contribution in [0, 0.1) is 19.8 Å². The van der Waals surface area contributed by atoms with Gasteiger partial charge in [0.1, 0.15) is 0 Å². The molecule has 1 fully saturated rings. The third-order valence-corrected chi connectivity index (χ3v) is 4.72. The van der Waals surface area contributed by atoms with E-state index in [2.05, 4.69) is 10.3 Å². The summed E-state index contributed by atoms with van der Waals surface area (Å²) in [5.74, 6) is -1.12. The summed E-state index contributed by atoms with van der Waals surface area (Å²) in [5, 5.41) is 12.4. The fourth-order valence-electron chi connectivity index (χ4n) is 2.39. The van der Waals surface area contributed by atoms with Crippen LogP contribution in [0.2, 0.25) is 0 Å². The van der Waals surface area contributed by atoms with Gasteiger partial charge in [0.25, 0.3) is 0 Å². The summed E-state index contributed by atoms with van der Waals surface area (Å²) < 4.78 is 0. The largest absolute Gasteiger partial charge is 0.481 e. The second-order valence-electron chi connectivity index (χ2n) is 5.19. The van der Waals surface area contributed by atoms with Crippen LogP contribution >= 0.6 is 11.3 Å². The molecule has 0 spiro atoms. The van der Waals surface area contributed by atoms with Gasteiger partial charge in [-0.3, -0.25) is 10.1 Å². The van der Waals surface area contributed by atoms with Crippen molar-refractivity contribution in [3.05, 3.63) is 10.6 Å². The number of hydrogen-bond acceptors (Lipinski definition) is 4. The highest BCUT2D eigenvalue weighted by atomic mass is 32.1. The molecule has 1 aliphatic heterocycles. The summed E-state index contributed by atoms with van der Waals surface area (Å²) in [7, 11) is 0. The van der Waals surface area contributed by atoms with Crippen molar-refractivity contribution in [3.63, 3.8) is 0 Å². The Kier molecular flexibility index (Phi) is 4.27. The minimum absolute atomic E-state index is 0.0768. The first kappa shape index (κ1) is 14.8. The predicted molar refractivity (Wildman–Crippen MR) is 77.1 cm³/mol. The maximum atomic E-state index is 12.2. The summed E-state index contributed by atoms with van der Waals surface area (Å²) in [6.07, 6.45) is 1.00. The highest BCUT2D eigenvalue weighted by molar-refractivity contribution is 7.15. The van der Waals surface area contributed by atoms with Crippen LogP contribution in [0.5, 0.6) is 0 Å². The lowest BCUT2D eigenvalue weighted by Gasteiger charge is -2.35. The number of aryl methyl sites for hydroxylation is 2. The number of likely N-dealkylation sites (tertiary alicyclic amines) is 1. The van der Waals surface area contributed by atoms with Gasteiger partial charge in [-0.15, -0.1) is 11.3 Å². The number of nitrogens with one attached hydrogen (secondary N) is 1. The lowest BCUT2D eigenvalue weighted by Crippen LogP contribution is -2.47. The van der Waals surface area contributed by atoms with Crippen LogP contribution in [0.15, 0.2) is 0 Å². The molecule has 0 saturated carbocycles. The molecule has 1 saturated heterocycles. The van der Waals surface area contributed by atoms with E-state index in [0.717, 1.165) is 10.6 Å². The summed E-state index contributed by atoms with van der Waals surface area (Å²) in [4.78, 5) is 30.2. The number of thiazole rings is 1. The molecule has 2 rings (SSSR count). The lowest BCUT2D eigenvalue weighted by molar-refractivity contribution is -0.143. The zero-order valence-corrected chi connectivity index (χ0v) is 12.7. The van der Waals surface area contributed by atoms with E-state index in [9.17, 15) is 9.59 Å². The number of carboxylic acid groups (broad SMARTS) is 1. The van der Waals surface area contributed by atoms with Crippen LogP contribution in [0.25, 0.3) is 0 Å². The van der Waals surface area contributed by atoms with Gasteiger partial charge < -0.3 is 10.0 Å². The van der Waals surface area contributed by atoms with Crippen molar-refractivity contribution >= 4 is 28.5 Å². The number of amides is 2. The number of hydrogen-bond donors (Lipinski definition) is 2. The topological polar surface area (TPSA) is 82.5 Å². The van der Waals surface area contributed by atoms with E-state index in [1.165, 1.54) is 11.3 Å². The van der Waals surface area contributed by atoms with Crippen molar-refractivity contribution in [2.24, 2.45) is 5.92 Å². The lowest BCUT2D eigenvalue weighted by atomic mass is 9.92. The summed E-state index contributed by atoms with van der Waals surface area (Å²) in [5.41, 5.74) is 0.919. The number of aliphatic carboxylic acids is 1. The Morgan fingerprint density at radius 2 is 2.15 bits per heavy atom. The number of rotatable bonds is 2. The van der Waals surface area contributed by atoms with Crippen molar-refractivity contribution in [1.82, 2.24) is 9.88 Å². The van der Waals surface area contributed by atoms with E-state index in [0.29, 0.717) is 24.5 Å². The number of anilines is 1. The van der Waals surface area contributed by atoms with Crippen LogP contribution < -0.4 is 5.32 Å². The Balaban J connectivity index is 1.98. The van der Waals surface area contributed by atoms with E-state index in [1.807, 2.05) is 20.8 Å². The van der Waals surface area contributed by atoms with E-state index in [-0.39, 0.29) is 18.0 Å². The highest BCUT2D eigenvalue weighted by Gasteiger charge is 2.32. The molecule has 2 atom stereocenters. The minimum Gasteiger partial charge on any atom is -0.481 e. The van der Waals surface area contributed by atoms with Gasteiger partial charge in [-0.1, -0.05) is 0 Å². The third kappa shape index (κ3) is 3.09. The maximum Gasteiger partial charge on any atom is 0.323 e. The first-order chi connectivity index (χ1) is 9.38. The van der Waals surface area contributed by atoms with E-state index < -0.39 is 5.97 Å². The first-order valence-corrected chi connectivity index (χ1v) is 7.44. The number of carbonyl (C=O) groups excluding carboxylic acids is 1. The Hall–Kier alpha value is -1.63. The molecular formula is C13H19N3O3S. The molecule has 2 unspecified atom stereocenters. The first-order valence-electron chi connectivity index (χ1n) is 6.63. The second-order valence-corrected chi connectivity index (χ2v) is 6.40. The monoisotopic (exact) mass is 297 g/mol. The average molecular weight is 297 g/mol. The molecule has 20 heavy (non-hydrogen) atoms. The van der Waals surface area contributed by atoms with Gasteiger partial charge in [0.2, 0.25) is 0 Å². The summed E-state index contributed by atoms with van der Waals surface area (Å²) in [6.45, 7) is 6.21. The smallest absolute Gasteiger partial charge is 0.323 e. The molecule has 0 bridgehead atoms. The molecule has 1 aliphatic rings. The Labute approximate surface area is 121 Å². The van der Waals surface area contributed by atoms with Crippen LogP contribution in [-0.2, 0) is 4.79 Å². The Bertz CT molecular complexity index is 509. The van der Waals surface area contributed by atoms with Gasteiger partial charge in [-0.25, -0.2) is 9.78 Å². The number of carbonyl (C=O) groups is 2. The highest BCUT2D eigenvalue weighted by Crippen LogP contribution is 2.25. The molecule has 7 heteroatoms. The van der Waals surface area contributed by atoms with Crippen LogP contribution in [0.1, 0.15) is 30.3 Å². The second kappa shape index (κ2) is 5.78.